The molecule has 3 aromatic carbocycles. The number of hydrogen-bond donors (Lipinski definition) is 4. The van der Waals surface area contributed by atoms with Crippen LogP contribution in [0, 0.1) is 0 Å². The van der Waals surface area contributed by atoms with Crippen LogP contribution in [0.25, 0.3) is 10.9 Å². The normalized spacial score (nSPS) is 11.4. The average molecular weight is 531 g/mol. The number of para-hydroxylation sites is 1. The minimum atomic E-state index is -1.37. The molecule has 0 radical (unpaired) electrons. The summed E-state index contributed by atoms with van der Waals surface area (Å²) in [6, 6.07) is 20.7. The first-order valence-electron chi connectivity index (χ1n) is 11.6. The maximum absolute atomic E-state index is 12.7. The number of hydrogen-bond acceptors (Lipinski definition) is 5. The molecule has 3 amide bonds. The van der Waals surface area contributed by atoms with Crippen molar-refractivity contribution in [1.29, 1.82) is 0 Å². The molecule has 0 saturated carbocycles. The molecule has 38 heavy (non-hydrogen) atoms. The number of aromatic nitrogens is 1. The molecule has 0 aliphatic heterocycles. The fraction of sp³-hybridized carbons (Fsp3) is 0.107. The summed E-state index contributed by atoms with van der Waals surface area (Å²) < 4.78 is 0. The monoisotopic (exact) mass is 530 g/mol. The van der Waals surface area contributed by atoms with Crippen LogP contribution in [0.15, 0.2) is 85.1 Å². The lowest BCUT2D eigenvalue weighted by Gasteiger charge is -2.16. The van der Waals surface area contributed by atoms with Gasteiger partial charge in [-0.1, -0.05) is 54.1 Å². The van der Waals surface area contributed by atoms with E-state index in [1.807, 2.05) is 24.3 Å². The molecule has 0 unspecified atom stereocenters. The van der Waals surface area contributed by atoms with Crippen molar-refractivity contribution in [3.8, 4) is 0 Å². The molecule has 1 aromatic heterocycles. The van der Waals surface area contributed by atoms with Crippen LogP contribution in [0.5, 0.6) is 0 Å². The second-order valence-corrected chi connectivity index (χ2v) is 8.76. The SMILES string of the molecule is O=C(NCc1ccc(C(=O)N[C@@H](CNC(=O)c2ccccc2)C(=O)O)c(Cl)c1)c1cnc2ccccc2c1. The van der Waals surface area contributed by atoms with Gasteiger partial charge in [-0.3, -0.25) is 19.4 Å². The van der Waals surface area contributed by atoms with E-state index in [0.29, 0.717) is 16.7 Å². The third kappa shape index (κ3) is 6.51. The Hall–Kier alpha value is -4.76. The van der Waals surface area contributed by atoms with Gasteiger partial charge in [0.05, 0.1) is 21.7 Å². The lowest BCUT2D eigenvalue weighted by atomic mass is 10.1. The number of nitrogens with zero attached hydrogens (tertiary/aromatic N) is 1. The van der Waals surface area contributed by atoms with Crippen LogP contribution < -0.4 is 16.0 Å². The molecule has 1 heterocycles. The molecule has 10 heteroatoms. The highest BCUT2D eigenvalue weighted by Crippen LogP contribution is 2.19. The topological polar surface area (TPSA) is 137 Å². The second kappa shape index (κ2) is 12.0. The Bertz CT molecular complexity index is 1510. The molecule has 0 fully saturated rings. The maximum atomic E-state index is 12.7. The number of carbonyl (C=O) groups is 4. The minimum absolute atomic E-state index is 0.0566. The Balaban J connectivity index is 1.35. The molecule has 0 saturated heterocycles. The van der Waals surface area contributed by atoms with Gasteiger partial charge >= 0.3 is 5.97 Å². The number of carboxylic acids is 1. The molecule has 4 rings (SSSR count). The summed E-state index contributed by atoms with van der Waals surface area (Å²) in [5, 5.41) is 18.1. The Morgan fingerprint density at radius 1 is 0.816 bits per heavy atom. The van der Waals surface area contributed by atoms with Crippen LogP contribution in [-0.2, 0) is 11.3 Å². The van der Waals surface area contributed by atoms with E-state index in [4.69, 9.17) is 11.6 Å². The second-order valence-electron chi connectivity index (χ2n) is 8.35. The van der Waals surface area contributed by atoms with Gasteiger partial charge < -0.3 is 21.1 Å². The molecular weight excluding hydrogens is 508 g/mol. The highest BCUT2D eigenvalue weighted by Gasteiger charge is 2.23. The molecule has 0 spiro atoms. The fourth-order valence-corrected chi connectivity index (χ4v) is 3.94. The van der Waals surface area contributed by atoms with Crippen LogP contribution in [-0.4, -0.2) is 46.4 Å². The molecule has 4 N–H and O–H groups in total. The van der Waals surface area contributed by atoms with Crippen molar-refractivity contribution in [1.82, 2.24) is 20.9 Å². The number of carbonyl (C=O) groups excluding carboxylic acids is 3. The van der Waals surface area contributed by atoms with Crippen molar-refractivity contribution >= 4 is 46.2 Å². The maximum Gasteiger partial charge on any atom is 0.328 e. The molecular formula is C28H23ClN4O5. The van der Waals surface area contributed by atoms with Crippen molar-refractivity contribution in [3.05, 3.63) is 112 Å². The third-order valence-electron chi connectivity index (χ3n) is 5.69. The minimum Gasteiger partial charge on any atom is -0.480 e. The molecule has 9 nitrogen and oxygen atoms in total. The summed E-state index contributed by atoms with van der Waals surface area (Å²) in [5.74, 6) is -2.81. The fourth-order valence-electron chi connectivity index (χ4n) is 3.65. The first-order valence-corrected chi connectivity index (χ1v) is 12.0. The predicted octanol–water partition coefficient (Wildman–Crippen LogP) is 3.43. The summed E-state index contributed by atoms with van der Waals surface area (Å²) in [6.45, 7) is -0.170. The Morgan fingerprint density at radius 2 is 1.53 bits per heavy atom. The number of pyridine rings is 1. The van der Waals surface area contributed by atoms with Crippen LogP contribution in [0.3, 0.4) is 0 Å². The van der Waals surface area contributed by atoms with Gasteiger partial charge in [-0.05, 0) is 42.0 Å². The number of amides is 3. The molecule has 1 atom stereocenters. The van der Waals surface area contributed by atoms with E-state index in [0.717, 1.165) is 10.9 Å². The van der Waals surface area contributed by atoms with Gasteiger partial charge in [0.1, 0.15) is 6.04 Å². The van der Waals surface area contributed by atoms with Crippen LogP contribution >= 0.6 is 11.6 Å². The Labute approximate surface area is 222 Å². The Morgan fingerprint density at radius 3 is 2.26 bits per heavy atom. The van der Waals surface area contributed by atoms with E-state index < -0.39 is 23.8 Å². The van der Waals surface area contributed by atoms with E-state index >= 15 is 0 Å². The number of rotatable bonds is 9. The first kappa shape index (κ1) is 26.3. The highest BCUT2D eigenvalue weighted by atomic mass is 35.5. The van der Waals surface area contributed by atoms with E-state index in [9.17, 15) is 24.3 Å². The molecule has 0 aliphatic carbocycles. The number of halogens is 1. The standard InChI is InChI=1S/C28H23ClN4O5/c29-22-12-17(14-31-26(35)20-13-19-8-4-5-9-23(19)30-15-20)10-11-21(22)27(36)33-24(28(37)38)16-32-25(34)18-6-2-1-3-7-18/h1-13,15,24H,14,16H2,(H,31,35)(H,32,34)(H,33,36)(H,37,38)/t24-/m0/s1. The number of benzene rings is 3. The number of nitrogens with one attached hydrogen (secondary N) is 3. The van der Waals surface area contributed by atoms with Gasteiger partial charge in [0.15, 0.2) is 0 Å². The van der Waals surface area contributed by atoms with Crippen molar-refractivity contribution in [3.63, 3.8) is 0 Å². The molecule has 0 bridgehead atoms. The number of carboxylic acid groups (broad SMARTS) is 1. The summed E-state index contributed by atoms with van der Waals surface area (Å²) in [4.78, 5) is 53.4. The van der Waals surface area contributed by atoms with E-state index in [-0.39, 0.29) is 29.6 Å². The van der Waals surface area contributed by atoms with Crippen molar-refractivity contribution < 1.29 is 24.3 Å². The van der Waals surface area contributed by atoms with E-state index in [1.165, 1.54) is 18.3 Å². The molecule has 192 valence electrons. The van der Waals surface area contributed by atoms with Crippen molar-refractivity contribution in [2.45, 2.75) is 12.6 Å². The van der Waals surface area contributed by atoms with E-state index in [1.54, 1.807) is 42.5 Å². The zero-order valence-electron chi connectivity index (χ0n) is 20.0. The van der Waals surface area contributed by atoms with Crippen molar-refractivity contribution in [2.24, 2.45) is 0 Å². The zero-order chi connectivity index (χ0) is 27.1. The smallest absolute Gasteiger partial charge is 0.328 e. The van der Waals surface area contributed by atoms with Crippen LogP contribution in [0.1, 0.15) is 36.6 Å². The van der Waals surface area contributed by atoms with E-state index in [2.05, 4.69) is 20.9 Å². The number of fused-ring (bicyclic) bond motifs is 1. The Kier molecular flexibility index (Phi) is 8.30. The van der Waals surface area contributed by atoms with Crippen LogP contribution in [0.2, 0.25) is 5.02 Å². The van der Waals surface area contributed by atoms with Crippen molar-refractivity contribution in [2.75, 3.05) is 6.54 Å². The predicted molar refractivity (Wildman–Crippen MR) is 142 cm³/mol. The highest BCUT2D eigenvalue weighted by molar-refractivity contribution is 6.34. The first-order chi connectivity index (χ1) is 18.3. The largest absolute Gasteiger partial charge is 0.480 e. The van der Waals surface area contributed by atoms with Gasteiger partial charge in [0.2, 0.25) is 0 Å². The lowest BCUT2D eigenvalue weighted by molar-refractivity contribution is -0.139. The van der Waals surface area contributed by atoms with Crippen LogP contribution in [0.4, 0.5) is 0 Å². The van der Waals surface area contributed by atoms with Gasteiger partial charge in [-0.2, -0.15) is 0 Å². The lowest BCUT2D eigenvalue weighted by Crippen LogP contribution is -2.48. The quantitative estimate of drug-likeness (QED) is 0.261. The summed E-state index contributed by atoms with van der Waals surface area (Å²) in [7, 11) is 0. The third-order valence-corrected chi connectivity index (χ3v) is 6.00. The summed E-state index contributed by atoms with van der Waals surface area (Å²) in [6.07, 6.45) is 1.50. The van der Waals surface area contributed by atoms with Gasteiger partial charge in [-0.15, -0.1) is 0 Å². The average Bonchev–Trinajstić information content (AvgIpc) is 2.93. The number of aliphatic carboxylic acids is 1. The summed E-state index contributed by atoms with van der Waals surface area (Å²) in [5.41, 5.74) is 2.25. The van der Waals surface area contributed by atoms with Gasteiger partial charge in [-0.25, -0.2) is 4.79 Å². The zero-order valence-corrected chi connectivity index (χ0v) is 20.7. The molecule has 0 aliphatic rings. The van der Waals surface area contributed by atoms with Gasteiger partial charge in [0, 0.05) is 30.2 Å². The van der Waals surface area contributed by atoms with Gasteiger partial charge in [0.25, 0.3) is 17.7 Å². The summed E-state index contributed by atoms with van der Waals surface area (Å²) >= 11 is 6.29. The molecule has 4 aromatic rings.